The SMILES string of the molecule is CC(=O)CN.CCC.CCCCCN1CC(C)OC(C)C1.Cc1c(-n2c(C(Cc3cc(F)cc(F)c3)C(C)C)nc3nc(C4(F)CCC(F)(F)CC4)cc(C)c3c2=O)ccc(Cl)c1C(=N)C(C)C.O=S=O. The quantitative estimate of drug-likeness (QED) is 0.0754. The first-order chi connectivity index (χ1) is 33.2. The Morgan fingerprint density at radius 1 is 0.930 bits per heavy atom. The molecule has 0 spiro atoms. The number of ether oxygens (including phenoxy) is 1. The molecule has 0 radical (unpaired) electrons. The third-order valence-corrected chi connectivity index (χ3v) is 12.5. The topological polar surface area (TPSA) is 161 Å². The number of carbonyl (C=O) groups is 1. The van der Waals surface area contributed by atoms with E-state index in [1.54, 1.807) is 26.0 Å². The number of rotatable bonds is 13. The van der Waals surface area contributed by atoms with Crippen LogP contribution in [0.4, 0.5) is 22.0 Å². The molecule has 18 heteroatoms. The van der Waals surface area contributed by atoms with Crippen LogP contribution in [0.15, 0.2) is 41.2 Å². The van der Waals surface area contributed by atoms with Gasteiger partial charge in [0.05, 0.1) is 40.5 Å². The zero-order valence-corrected chi connectivity index (χ0v) is 45.2. The van der Waals surface area contributed by atoms with Crippen molar-refractivity contribution >= 4 is 45.7 Å². The summed E-state index contributed by atoms with van der Waals surface area (Å²) in [6.45, 7) is 26.9. The number of fused-ring (bicyclic) bond motifs is 1. The maximum Gasteiger partial charge on any atom is 0.335 e. The second-order valence-electron chi connectivity index (χ2n) is 19.3. The highest BCUT2D eigenvalue weighted by Crippen LogP contribution is 2.46. The molecule has 3 N–H and O–H groups in total. The Kier molecular flexibility index (Phi) is 26.0. The summed E-state index contributed by atoms with van der Waals surface area (Å²) in [6.07, 6.45) is 4.14. The zero-order valence-electron chi connectivity index (χ0n) is 43.6. The first kappa shape index (κ1) is 62.8. The molecule has 396 valence electrons. The van der Waals surface area contributed by atoms with Crippen LogP contribution in [-0.4, -0.2) is 83.7 Å². The van der Waals surface area contributed by atoms with Crippen molar-refractivity contribution in [2.45, 2.75) is 171 Å². The smallest absolute Gasteiger partial charge is 0.335 e. The average molecular weight is 1040 g/mol. The number of nitrogens with two attached hydrogens (primary N) is 1. The summed E-state index contributed by atoms with van der Waals surface area (Å²) in [5.74, 6) is -5.16. The molecule has 3 atom stereocenters. The lowest BCUT2D eigenvalue weighted by molar-refractivity contribution is -0.115. The van der Waals surface area contributed by atoms with E-state index in [4.69, 9.17) is 40.9 Å². The summed E-state index contributed by atoms with van der Waals surface area (Å²) in [6, 6.07) is 7.95. The van der Waals surface area contributed by atoms with Crippen LogP contribution in [0.25, 0.3) is 16.7 Å². The molecule has 11 nitrogen and oxygen atoms in total. The molecular weight excluding hydrogens is 963 g/mol. The van der Waals surface area contributed by atoms with Gasteiger partial charge in [0, 0.05) is 49.2 Å². The van der Waals surface area contributed by atoms with Crippen molar-refractivity contribution in [3.8, 4) is 5.69 Å². The van der Waals surface area contributed by atoms with E-state index in [2.05, 4.69) is 44.5 Å². The zero-order chi connectivity index (χ0) is 54.0. The minimum absolute atomic E-state index is 0.0324. The molecule has 1 saturated carbocycles. The number of alkyl halides is 3. The molecule has 2 aliphatic rings. The Bertz CT molecular complexity index is 2440. The van der Waals surface area contributed by atoms with Gasteiger partial charge in [0.15, 0.2) is 11.3 Å². The second-order valence-corrected chi connectivity index (χ2v) is 19.9. The van der Waals surface area contributed by atoms with E-state index in [1.807, 2.05) is 27.7 Å². The van der Waals surface area contributed by atoms with Gasteiger partial charge in [-0.3, -0.25) is 19.1 Å². The number of aromatic nitrogens is 3. The van der Waals surface area contributed by atoms with E-state index < -0.39 is 72.0 Å². The van der Waals surface area contributed by atoms with Crippen LogP contribution in [0.1, 0.15) is 160 Å². The number of pyridine rings is 1. The Morgan fingerprint density at radius 3 is 1.94 bits per heavy atom. The Balaban J connectivity index is 0.000000592. The fraction of sp³-hybridized carbons (Fsp3) is 0.604. The highest BCUT2D eigenvalue weighted by Gasteiger charge is 2.46. The fourth-order valence-corrected chi connectivity index (χ4v) is 8.85. The maximum atomic E-state index is 16.2. The number of hydrogen-bond acceptors (Lipinski definition) is 10. The molecule has 3 heterocycles. The molecule has 1 aliphatic heterocycles. The molecular formula is C53H76ClF5N6O5S. The number of nitrogens with zero attached hydrogens (tertiary/aromatic N) is 4. The van der Waals surface area contributed by atoms with Crippen LogP contribution >= 0.6 is 11.6 Å². The summed E-state index contributed by atoms with van der Waals surface area (Å²) in [5.41, 5.74) is 4.57. The number of Topliss-reactive ketones (excluding diaryl/α,β-unsaturated/α-hetero) is 1. The van der Waals surface area contributed by atoms with E-state index in [1.165, 1.54) is 61.9 Å². The lowest BCUT2D eigenvalue weighted by Gasteiger charge is -2.35. The number of hydrogen-bond donors (Lipinski definition) is 2. The van der Waals surface area contributed by atoms with Gasteiger partial charge in [-0.2, -0.15) is 8.42 Å². The van der Waals surface area contributed by atoms with Gasteiger partial charge in [-0.1, -0.05) is 79.3 Å². The largest absolute Gasteiger partial charge is 0.373 e. The normalized spacial score (nSPS) is 17.6. The first-order valence-corrected chi connectivity index (χ1v) is 25.6. The summed E-state index contributed by atoms with van der Waals surface area (Å²) in [7, 11) is 0. The minimum atomic E-state index is -2.96. The van der Waals surface area contributed by atoms with Gasteiger partial charge in [0.2, 0.25) is 5.92 Å². The maximum absolute atomic E-state index is 16.2. The number of morpholine rings is 1. The number of benzene rings is 2. The van der Waals surface area contributed by atoms with E-state index >= 15 is 4.39 Å². The molecule has 2 aromatic carbocycles. The summed E-state index contributed by atoms with van der Waals surface area (Å²) in [5, 5.41) is 9.22. The van der Waals surface area contributed by atoms with Crippen LogP contribution in [0, 0.1) is 42.7 Å². The van der Waals surface area contributed by atoms with Crippen LogP contribution in [-0.2, 0) is 33.2 Å². The highest BCUT2D eigenvalue weighted by atomic mass is 35.5. The number of nitrogens with one attached hydrogen (secondary N) is 1. The van der Waals surface area contributed by atoms with Crippen molar-refractivity contribution in [3.63, 3.8) is 0 Å². The predicted octanol–water partition coefficient (Wildman–Crippen LogP) is 12.3. The fourth-order valence-electron chi connectivity index (χ4n) is 8.54. The minimum Gasteiger partial charge on any atom is -0.373 e. The molecule has 3 unspecified atom stereocenters. The second kappa shape index (κ2) is 29.4. The van der Waals surface area contributed by atoms with Crippen molar-refractivity contribution in [1.29, 1.82) is 5.41 Å². The van der Waals surface area contributed by atoms with Gasteiger partial charge < -0.3 is 15.9 Å². The Morgan fingerprint density at radius 2 is 1.46 bits per heavy atom. The monoisotopic (exact) mass is 1040 g/mol. The average Bonchev–Trinajstić information content (AvgIpc) is 3.27. The van der Waals surface area contributed by atoms with Gasteiger partial charge in [-0.15, -0.1) is 0 Å². The molecule has 4 aromatic rings. The molecule has 2 fully saturated rings. The number of halogens is 6. The Hall–Kier alpha value is -4.29. The molecule has 0 amide bonds. The van der Waals surface area contributed by atoms with E-state index in [0.29, 0.717) is 45.2 Å². The van der Waals surface area contributed by atoms with Crippen molar-refractivity contribution in [1.82, 2.24) is 19.4 Å². The lowest BCUT2D eigenvalue weighted by Crippen LogP contribution is -2.45. The number of ketones is 1. The van der Waals surface area contributed by atoms with Gasteiger partial charge in [-0.05, 0) is 126 Å². The highest BCUT2D eigenvalue weighted by molar-refractivity contribution is 7.51. The Labute approximate surface area is 426 Å². The summed E-state index contributed by atoms with van der Waals surface area (Å²) < 4.78 is 96.4. The number of unbranched alkanes of at least 4 members (excludes halogenated alkanes) is 2. The standard InChI is InChI=1S/C36H38ClF5N4O.C11H23NO.C3H7NO.C3H8.O2S/c1-18(2)25(16-22-14-23(38)17-24(39)15-22)33-45-32-29(20(5)13-28(44-32)35(40)9-11-36(41,42)12-10-35)34(47)46(33)27-8-7-26(37)30(21(27)6)31(43)19(3)4;1-4-5-6-7-12-8-10(2)13-11(3)9-12;1-3(5)2-4;2*1-3-2/h7-8,13-15,17-19,25,43H,9-12,16H2,1-6H3;10-11H,4-9H2,1-3H3;2,4H2,1H3;3H2,1-2H3;. The van der Waals surface area contributed by atoms with Crippen molar-refractivity contribution in [2.24, 2.45) is 17.6 Å². The molecule has 2 aromatic heterocycles. The number of carbonyl (C=O) groups excluding carboxylic acids is 1. The molecule has 1 aliphatic carbocycles. The van der Waals surface area contributed by atoms with Gasteiger partial charge in [0.1, 0.15) is 23.2 Å². The molecule has 0 bridgehead atoms. The van der Waals surface area contributed by atoms with E-state index in [9.17, 15) is 27.2 Å². The third kappa shape index (κ3) is 18.6. The van der Waals surface area contributed by atoms with E-state index in [-0.39, 0.29) is 58.8 Å². The van der Waals surface area contributed by atoms with Crippen LogP contribution < -0.4 is 11.3 Å². The molecule has 71 heavy (non-hydrogen) atoms. The van der Waals surface area contributed by atoms with Crippen LogP contribution in [0.3, 0.4) is 0 Å². The summed E-state index contributed by atoms with van der Waals surface area (Å²) in [4.78, 5) is 36.3. The molecule has 1 saturated heterocycles. The summed E-state index contributed by atoms with van der Waals surface area (Å²) >= 11 is 5.84. The molecule has 6 rings (SSSR count). The van der Waals surface area contributed by atoms with Crippen LogP contribution in [0.2, 0.25) is 5.02 Å². The van der Waals surface area contributed by atoms with Crippen molar-refractivity contribution < 1.29 is 39.9 Å². The lowest BCUT2D eigenvalue weighted by atomic mass is 9.81. The van der Waals surface area contributed by atoms with Gasteiger partial charge in [0.25, 0.3) is 5.56 Å². The third-order valence-electron chi connectivity index (χ3n) is 12.1. The van der Waals surface area contributed by atoms with Crippen molar-refractivity contribution in [3.05, 3.63) is 97.2 Å². The van der Waals surface area contributed by atoms with Gasteiger partial charge >= 0.3 is 11.6 Å². The van der Waals surface area contributed by atoms with Crippen LogP contribution in [0.5, 0.6) is 0 Å². The predicted molar refractivity (Wildman–Crippen MR) is 276 cm³/mol. The number of aryl methyl sites for hydroxylation is 1. The van der Waals surface area contributed by atoms with Crippen molar-refractivity contribution in [2.75, 3.05) is 26.2 Å². The van der Waals surface area contributed by atoms with E-state index in [0.717, 1.165) is 19.2 Å². The first-order valence-electron chi connectivity index (χ1n) is 24.6. The van der Waals surface area contributed by atoms with Gasteiger partial charge in [-0.25, -0.2) is 31.9 Å².